The maximum absolute atomic E-state index is 12.5. The highest BCUT2D eigenvalue weighted by Gasteiger charge is 2.42. The van der Waals surface area contributed by atoms with Gasteiger partial charge in [-0.1, -0.05) is 12.8 Å². The molecule has 0 unspecified atom stereocenters. The van der Waals surface area contributed by atoms with Crippen LogP contribution in [-0.2, 0) is 4.79 Å². The smallest absolute Gasteiger partial charge is 0.329 e. The predicted molar refractivity (Wildman–Crippen MR) is 83.0 cm³/mol. The van der Waals surface area contributed by atoms with Crippen LogP contribution < -0.4 is 5.32 Å². The highest BCUT2D eigenvalue weighted by atomic mass is 16.4. The van der Waals surface area contributed by atoms with E-state index >= 15 is 0 Å². The van der Waals surface area contributed by atoms with Gasteiger partial charge in [-0.05, 0) is 44.0 Å². The third kappa shape index (κ3) is 2.84. The molecule has 0 bridgehead atoms. The molecule has 0 saturated heterocycles. The summed E-state index contributed by atoms with van der Waals surface area (Å²) >= 11 is 0. The molecule has 1 aliphatic carbocycles. The highest BCUT2D eigenvalue weighted by Crippen LogP contribution is 2.30. The van der Waals surface area contributed by atoms with Crippen LogP contribution in [0.1, 0.15) is 41.7 Å². The van der Waals surface area contributed by atoms with Crippen molar-refractivity contribution in [3.8, 4) is 11.5 Å². The van der Waals surface area contributed by atoms with Crippen LogP contribution >= 0.6 is 0 Å². The number of carbonyl (C=O) groups excluding carboxylic acids is 1. The fourth-order valence-electron chi connectivity index (χ4n) is 3.02. The Morgan fingerprint density at radius 1 is 1.26 bits per heavy atom. The Bertz CT molecular complexity index is 731. The lowest BCUT2D eigenvalue weighted by atomic mass is 9.97. The van der Waals surface area contributed by atoms with Crippen LogP contribution in [0.3, 0.4) is 0 Å². The van der Waals surface area contributed by atoms with E-state index in [1.54, 1.807) is 37.5 Å². The van der Waals surface area contributed by atoms with E-state index < -0.39 is 17.4 Å². The lowest BCUT2D eigenvalue weighted by Gasteiger charge is -2.25. The number of aromatic nitrogens is 1. The van der Waals surface area contributed by atoms with E-state index in [2.05, 4.69) is 10.3 Å². The van der Waals surface area contributed by atoms with E-state index in [0.717, 1.165) is 12.8 Å². The zero-order valence-corrected chi connectivity index (χ0v) is 12.8. The molecule has 0 spiro atoms. The summed E-state index contributed by atoms with van der Waals surface area (Å²) in [6, 6.07) is 6.91. The van der Waals surface area contributed by atoms with Gasteiger partial charge in [-0.15, -0.1) is 0 Å². The molecular weight excluding hydrogens is 296 g/mol. The van der Waals surface area contributed by atoms with Crippen molar-refractivity contribution in [1.82, 2.24) is 10.3 Å². The van der Waals surface area contributed by atoms with Crippen molar-refractivity contribution in [3.05, 3.63) is 41.8 Å². The third-order valence-corrected chi connectivity index (χ3v) is 4.32. The van der Waals surface area contributed by atoms with Crippen LogP contribution in [0.5, 0.6) is 0 Å². The van der Waals surface area contributed by atoms with Gasteiger partial charge in [0, 0.05) is 0 Å². The molecule has 1 aliphatic rings. The van der Waals surface area contributed by atoms with Crippen molar-refractivity contribution >= 4 is 11.9 Å². The number of rotatable bonds is 4. The van der Waals surface area contributed by atoms with Gasteiger partial charge in [-0.2, -0.15) is 0 Å². The molecule has 6 heteroatoms. The minimum atomic E-state index is -1.15. The van der Waals surface area contributed by atoms with E-state index in [0.29, 0.717) is 35.6 Å². The van der Waals surface area contributed by atoms with Crippen molar-refractivity contribution in [1.29, 1.82) is 0 Å². The Hall–Kier alpha value is -2.63. The quantitative estimate of drug-likeness (QED) is 0.905. The maximum Gasteiger partial charge on any atom is 0.329 e. The molecule has 2 heterocycles. The molecule has 1 fully saturated rings. The van der Waals surface area contributed by atoms with Crippen LogP contribution in [0.25, 0.3) is 11.5 Å². The molecular formula is C17H18N2O4. The summed E-state index contributed by atoms with van der Waals surface area (Å²) < 4.78 is 5.29. The van der Waals surface area contributed by atoms with Crippen LogP contribution in [-0.4, -0.2) is 27.5 Å². The van der Waals surface area contributed by atoms with Crippen LogP contribution in [0.15, 0.2) is 34.9 Å². The summed E-state index contributed by atoms with van der Waals surface area (Å²) in [6.07, 6.45) is 4.10. The standard InChI is InChI=1S/C17H18N2O4/c1-11-12(6-7-13(18-11)14-5-4-10-23-14)15(20)19-17(16(21)22)8-2-3-9-17/h4-7,10H,2-3,8-9H2,1H3,(H,19,20)(H,21,22). The number of carboxylic acids is 1. The van der Waals surface area contributed by atoms with E-state index in [1.165, 1.54) is 0 Å². The Kier molecular flexibility index (Phi) is 3.90. The highest BCUT2D eigenvalue weighted by molar-refractivity contribution is 5.99. The number of pyridine rings is 1. The Morgan fingerprint density at radius 3 is 2.57 bits per heavy atom. The fourth-order valence-corrected chi connectivity index (χ4v) is 3.02. The number of aliphatic carboxylic acids is 1. The van der Waals surface area contributed by atoms with Gasteiger partial charge in [-0.3, -0.25) is 4.79 Å². The van der Waals surface area contributed by atoms with Gasteiger partial charge in [0.1, 0.15) is 11.2 Å². The fraction of sp³-hybridized carbons (Fsp3) is 0.353. The normalized spacial score (nSPS) is 16.2. The summed E-state index contributed by atoms with van der Waals surface area (Å²) in [7, 11) is 0. The van der Waals surface area contributed by atoms with Gasteiger partial charge in [0.05, 0.1) is 17.5 Å². The van der Waals surface area contributed by atoms with E-state index in [-0.39, 0.29) is 0 Å². The van der Waals surface area contributed by atoms with E-state index in [1.807, 2.05) is 0 Å². The summed E-state index contributed by atoms with van der Waals surface area (Å²) in [5, 5.41) is 12.2. The molecule has 0 aromatic carbocycles. The number of furan rings is 1. The molecule has 1 amide bonds. The number of aryl methyl sites for hydroxylation is 1. The van der Waals surface area contributed by atoms with Gasteiger partial charge >= 0.3 is 5.97 Å². The minimum Gasteiger partial charge on any atom is -0.480 e. The first-order valence-corrected chi connectivity index (χ1v) is 7.59. The first kappa shape index (κ1) is 15.3. The third-order valence-electron chi connectivity index (χ3n) is 4.32. The monoisotopic (exact) mass is 314 g/mol. The zero-order valence-electron chi connectivity index (χ0n) is 12.8. The maximum atomic E-state index is 12.5. The first-order valence-electron chi connectivity index (χ1n) is 7.59. The lowest BCUT2D eigenvalue weighted by Crippen LogP contribution is -2.52. The van der Waals surface area contributed by atoms with E-state index in [4.69, 9.17) is 4.42 Å². The molecule has 23 heavy (non-hydrogen) atoms. The van der Waals surface area contributed by atoms with Crippen molar-refractivity contribution in [2.24, 2.45) is 0 Å². The van der Waals surface area contributed by atoms with Gasteiger partial charge in [0.25, 0.3) is 5.91 Å². The molecule has 3 rings (SSSR count). The van der Waals surface area contributed by atoms with Gasteiger partial charge in [0.15, 0.2) is 5.76 Å². The Morgan fingerprint density at radius 2 is 2.00 bits per heavy atom. The Balaban J connectivity index is 1.84. The number of amides is 1. The first-order chi connectivity index (χ1) is 11.0. The lowest BCUT2D eigenvalue weighted by molar-refractivity contribution is -0.144. The number of nitrogens with one attached hydrogen (secondary N) is 1. The molecule has 0 radical (unpaired) electrons. The second-order valence-corrected chi connectivity index (χ2v) is 5.86. The second kappa shape index (κ2) is 5.87. The largest absolute Gasteiger partial charge is 0.480 e. The molecule has 2 aromatic heterocycles. The number of carboxylic acid groups (broad SMARTS) is 1. The summed E-state index contributed by atoms with van der Waals surface area (Å²) in [4.78, 5) is 28.4. The molecule has 0 aliphatic heterocycles. The van der Waals surface area contributed by atoms with Crippen molar-refractivity contribution in [3.63, 3.8) is 0 Å². The summed E-state index contributed by atoms with van der Waals surface area (Å²) in [5.74, 6) is -0.746. The average Bonchev–Trinajstić information content (AvgIpc) is 3.19. The number of carbonyl (C=O) groups is 2. The molecule has 6 nitrogen and oxygen atoms in total. The zero-order chi connectivity index (χ0) is 16.4. The minimum absolute atomic E-state index is 0.382. The molecule has 0 atom stereocenters. The predicted octanol–water partition coefficient (Wildman–Crippen LogP) is 2.78. The van der Waals surface area contributed by atoms with Crippen molar-refractivity contribution in [2.45, 2.75) is 38.1 Å². The number of hydrogen-bond acceptors (Lipinski definition) is 4. The van der Waals surface area contributed by atoms with Gasteiger partial charge in [0.2, 0.25) is 0 Å². The average molecular weight is 314 g/mol. The van der Waals surface area contributed by atoms with Crippen LogP contribution in [0.2, 0.25) is 0 Å². The number of nitrogens with zero attached hydrogens (tertiary/aromatic N) is 1. The van der Waals surface area contributed by atoms with Crippen LogP contribution in [0, 0.1) is 6.92 Å². The van der Waals surface area contributed by atoms with E-state index in [9.17, 15) is 14.7 Å². The molecule has 2 N–H and O–H groups in total. The Labute approximate surface area is 133 Å². The SMILES string of the molecule is Cc1nc(-c2ccco2)ccc1C(=O)NC1(C(=O)O)CCCC1. The summed E-state index contributed by atoms with van der Waals surface area (Å²) in [5.41, 5.74) is 0.407. The van der Waals surface area contributed by atoms with Crippen molar-refractivity contribution in [2.75, 3.05) is 0 Å². The van der Waals surface area contributed by atoms with Gasteiger partial charge < -0.3 is 14.8 Å². The van der Waals surface area contributed by atoms with Crippen LogP contribution in [0.4, 0.5) is 0 Å². The molecule has 1 saturated carbocycles. The van der Waals surface area contributed by atoms with Crippen molar-refractivity contribution < 1.29 is 19.1 Å². The topological polar surface area (TPSA) is 92.4 Å². The molecule has 2 aromatic rings. The number of hydrogen-bond donors (Lipinski definition) is 2. The summed E-state index contributed by atoms with van der Waals surface area (Å²) in [6.45, 7) is 1.73. The molecule has 120 valence electrons. The van der Waals surface area contributed by atoms with Gasteiger partial charge in [-0.25, -0.2) is 9.78 Å². The second-order valence-electron chi connectivity index (χ2n) is 5.86.